The minimum absolute atomic E-state index is 0.561. The second-order valence-corrected chi connectivity index (χ2v) is 4.88. The molecule has 2 aromatic carbocycles. The van der Waals surface area contributed by atoms with Crippen molar-refractivity contribution in [1.82, 2.24) is 9.97 Å². The van der Waals surface area contributed by atoms with E-state index in [0.717, 1.165) is 22.9 Å². The number of aromatic nitrogens is 2. The van der Waals surface area contributed by atoms with Crippen LogP contribution < -0.4 is 16.0 Å². The average molecular weight is 291 g/mol. The standard InChI is InChI=1S/C17H17N5/c1-22(15-9-7-13(18)8-10-15)16-11-12-19-17(21-16)20-14-5-3-2-4-6-14/h2-12H,18H2,1H3,(H,19,20,21). The Hall–Kier alpha value is -3.08. The Labute approximate surface area is 129 Å². The zero-order valence-corrected chi connectivity index (χ0v) is 12.3. The number of benzene rings is 2. The van der Waals surface area contributed by atoms with E-state index in [-0.39, 0.29) is 0 Å². The molecule has 0 saturated carbocycles. The predicted octanol–water partition coefficient (Wildman–Crippen LogP) is 3.57. The number of rotatable bonds is 4. The molecule has 1 heterocycles. The van der Waals surface area contributed by atoms with Crippen molar-refractivity contribution in [2.24, 2.45) is 0 Å². The van der Waals surface area contributed by atoms with Crippen molar-refractivity contribution in [1.29, 1.82) is 0 Å². The monoisotopic (exact) mass is 291 g/mol. The summed E-state index contributed by atoms with van der Waals surface area (Å²) in [5, 5.41) is 3.19. The highest BCUT2D eigenvalue weighted by Gasteiger charge is 2.07. The Kier molecular flexibility index (Phi) is 3.87. The van der Waals surface area contributed by atoms with E-state index in [4.69, 9.17) is 5.73 Å². The van der Waals surface area contributed by atoms with Gasteiger partial charge < -0.3 is 16.0 Å². The van der Waals surface area contributed by atoms with Gasteiger partial charge in [-0.3, -0.25) is 0 Å². The van der Waals surface area contributed by atoms with Gasteiger partial charge in [0.1, 0.15) is 5.82 Å². The Bertz CT molecular complexity index is 741. The van der Waals surface area contributed by atoms with Gasteiger partial charge in [0.2, 0.25) is 5.95 Å². The number of nitrogen functional groups attached to an aromatic ring is 1. The van der Waals surface area contributed by atoms with Gasteiger partial charge in [-0.25, -0.2) is 4.98 Å². The fraction of sp³-hybridized carbons (Fsp3) is 0.0588. The molecule has 0 radical (unpaired) electrons. The van der Waals surface area contributed by atoms with E-state index in [1.807, 2.05) is 72.6 Å². The number of nitrogens with two attached hydrogens (primary N) is 1. The molecular formula is C17H17N5. The van der Waals surface area contributed by atoms with Crippen LogP contribution in [0, 0.1) is 0 Å². The van der Waals surface area contributed by atoms with Crippen LogP contribution >= 0.6 is 0 Å². The number of hydrogen-bond donors (Lipinski definition) is 2. The van der Waals surface area contributed by atoms with Crippen molar-refractivity contribution in [3.05, 3.63) is 66.9 Å². The molecule has 0 amide bonds. The molecule has 0 unspecified atom stereocenters. The molecule has 3 N–H and O–H groups in total. The minimum atomic E-state index is 0.561. The van der Waals surface area contributed by atoms with Gasteiger partial charge in [0, 0.05) is 30.3 Å². The fourth-order valence-corrected chi connectivity index (χ4v) is 2.08. The molecule has 3 aromatic rings. The van der Waals surface area contributed by atoms with Gasteiger partial charge >= 0.3 is 0 Å². The van der Waals surface area contributed by atoms with Gasteiger partial charge in [0.05, 0.1) is 0 Å². The van der Waals surface area contributed by atoms with Gasteiger partial charge in [-0.15, -0.1) is 0 Å². The zero-order valence-electron chi connectivity index (χ0n) is 12.3. The van der Waals surface area contributed by atoms with E-state index in [9.17, 15) is 0 Å². The lowest BCUT2D eigenvalue weighted by Gasteiger charge is -2.19. The van der Waals surface area contributed by atoms with Crippen molar-refractivity contribution in [3.63, 3.8) is 0 Å². The molecule has 3 rings (SSSR count). The summed E-state index contributed by atoms with van der Waals surface area (Å²) in [7, 11) is 1.96. The summed E-state index contributed by atoms with van der Waals surface area (Å²) < 4.78 is 0. The van der Waals surface area contributed by atoms with Crippen LogP contribution in [-0.4, -0.2) is 17.0 Å². The van der Waals surface area contributed by atoms with Crippen LogP contribution in [0.2, 0.25) is 0 Å². The Morgan fingerprint density at radius 1 is 0.955 bits per heavy atom. The van der Waals surface area contributed by atoms with E-state index >= 15 is 0 Å². The van der Waals surface area contributed by atoms with E-state index < -0.39 is 0 Å². The van der Waals surface area contributed by atoms with Crippen molar-refractivity contribution < 1.29 is 0 Å². The highest BCUT2D eigenvalue weighted by atomic mass is 15.2. The van der Waals surface area contributed by atoms with E-state index in [1.54, 1.807) is 6.20 Å². The number of anilines is 5. The van der Waals surface area contributed by atoms with Gasteiger partial charge in [0.15, 0.2) is 0 Å². The summed E-state index contributed by atoms with van der Waals surface area (Å²) in [6.07, 6.45) is 1.74. The second-order valence-electron chi connectivity index (χ2n) is 4.88. The van der Waals surface area contributed by atoms with Crippen LogP contribution in [0.15, 0.2) is 66.9 Å². The molecule has 5 heteroatoms. The molecule has 22 heavy (non-hydrogen) atoms. The SMILES string of the molecule is CN(c1ccc(N)cc1)c1ccnc(Nc2ccccc2)n1. The summed E-state index contributed by atoms with van der Waals surface area (Å²) in [6.45, 7) is 0. The van der Waals surface area contributed by atoms with Crippen LogP contribution in [0.4, 0.5) is 28.8 Å². The van der Waals surface area contributed by atoms with E-state index in [1.165, 1.54) is 0 Å². The molecule has 0 aliphatic heterocycles. The van der Waals surface area contributed by atoms with Gasteiger partial charge in [-0.2, -0.15) is 4.98 Å². The van der Waals surface area contributed by atoms with Crippen LogP contribution in [0.1, 0.15) is 0 Å². The Morgan fingerprint density at radius 3 is 2.41 bits per heavy atom. The normalized spacial score (nSPS) is 10.2. The summed E-state index contributed by atoms with van der Waals surface area (Å²) in [5.74, 6) is 1.36. The minimum Gasteiger partial charge on any atom is -0.399 e. The second kappa shape index (κ2) is 6.13. The van der Waals surface area contributed by atoms with Crippen LogP contribution in [0.5, 0.6) is 0 Å². The fourth-order valence-electron chi connectivity index (χ4n) is 2.08. The molecule has 5 nitrogen and oxygen atoms in total. The topological polar surface area (TPSA) is 67.1 Å². The molecule has 1 aromatic heterocycles. The van der Waals surface area contributed by atoms with Crippen molar-refractivity contribution in [3.8, 4) is 0 Å². The maximum Gasteiger partial charge on any atom is 0.229 e. The lowest BCUT2D eigenvalue weighted by molar-refractivity contribution is 1.08. The zero-order chi connectivity index (χ0) is 15.4. The average Bonchev–Trinajstić information content (AvgIpc) is 2.56. The first-order chi connectivity index (χ1) is 10.7. The highest BCUT2D eigenvalue weighted by molar-refractivity contribution is 5.63. The molecule has 0 spiro atoms. The maximum absolute atomic E-state index is 5.72. The molecule has 0 aliphatic rings. The first kappa shape index (κ1) is 13.9. The molecule has 0 saturated heterocycles. The smallest absolute Gasteiger partial charge is 0.229 e. The van der Waals surface area contributed by atoms with Crippen molar-refractivity contribution in [2.45, 2.75) is 0 Å². The van der Waals surface area contributed by atoms with Crippen molar-refractivity contribution in [2.75, 3.05) is 23.0 Å². The Morgan fingerprint density at radius 2 is 1.68 bits per heavy atom. The van der Waals surface area contributed by atoms with Gasteiger partial charge in [-0.1, -0.05) is 18.2 Å². The number of hydrogen-bond acceptors (Lipinski definition) is 5. The van der Waals surface area contributed by atoms with Gasteiger partial charge in [-0.05, 0) is 42.5 Å². The van der Waals surface area contributed by atoms with Crippen LogP contribution in [-0.2, 0) is 0 Å². The third-order valence-electron chi connectivity index (χ3n) is 3.29. The lowest BCUT2D eigenvalue weighted by atomic mass is 10.2. The molecule has 110 valence electrons. The molecule has 0 bridgehead atoms. The summed E-state index contributed by atoms with van der Waals surface area (Å²) in [4.78, 5) is 10.8. The third kappa shape index (κ3) is 3.15. The van der Waals surface area contributed by atoms with Gasteiger partial charge in [0.25, 0.3) is 0 Å². The molecular weight excluding hydrogens is 274 g/mol. The molecule has 0 fully saturated rings. The summed E-state index contributed by atoms with van der Waals surface area (Å²) >= 11 is 0. The maximum atomic E-state index is 5.72. The van der Waals surface area contributed by atoms with Crippen LogP contribution in [0.3, 0.4) is 0 Å². The third-order valence-corrected chi connectivity index (χ3v) is 3.29. The number of nitrogens with zero attached hydrogens (tertiary/aromatic N) is 3. The van der Waals surface area contributed by atoms with Crippen molar-refractivity contribution >= 4 is 28.8 Å². The van der Waals surface area contributed by atoms with E-state index in [2.05, 4.69) is 15.3 Å². The van der Waals surface area contributed by atoms with Crippen LogP contribution in [0.25, 0.3) is 0 Å². The number of nitrogens with one attached hydrogen (secondary N) is 1. The summed E-state index contributed by atoms with van der Waals surface area (Å²) in [6, 6.07) is 19.4. The Balaban J connectivity index is 1.83. The number of para-hydroxylation sites is 1. The highest BCUT2D eigenvalue weighted by Crippen LogP contribution is 2.23. The first-order valence-electron chi connectivity index (χ1n) is 6.97. The van der Waals surface area contributed by atoms with E-state index in [0.29, 0.717) is 5.95 Å². The molecule has 0 atom stereocenters. The quantitative estimate of drug-likeness (QED) is 0.719. The molecule has 0 aliphatic carbocycles. The first-order valence-corrected chi connectivity index (χ1v) is 6.97. The predicted molar refractivity (Wildman–Crippen MR) is 90.7 cm³/mol. The largest absolute Gasteiger partial charge is 0.399 e. The lowest BCUT2D eigenvalue weighted by Crippen LogP contribution is -2.12. The summed E-state index contributed by atoms with van der Waals surface area (Å²) in [5.41, 5.74) is 8.43.